The summed E-state index contributed by atoms with van der Waals surface area (Å²) in [5.74, 6) is 0.859. The van der Waals surface area contributed by atoms with E-state index < -0.39 is 0 Å². The summed E-state index contributed by atoms with van der Waals surface area (Å²) in [6, 6.07) is 0.558. The minimum atomic E-state index is 0.120. The van der Waals surface area contributed by atoms with Crippen molar-refractivity contribution >= 4 is 11.8 Å². The Labute approximate surface area is 109 Å². The first-order chi connectivity index (χ1) is 8.41. The number of rotatable bonds is 5. The van der Waals surface area contributed by atoms with E-state index >= 15 is 0 Å². The summed E-state index contributed by atoms with van der Waals surface area (Å²) >= 11 is 0. The van der Waals surface area contributed by atoms with Gasteiger partial charge in [0, 0.05) is 24.9 Å². The first-order valence-electron chi connectivity index (χ1n) is 7.00. The molecule has 2 N–H and O–H groups in total. The lowest BCUT2D eigenvalue weighted by atomic mass is 9.94. The highest BCUT2D eigenvalue weighted by atomic mass is 16.2. The molecule has 4 nitrogen and oxygen atoms in total. The van der Waals surface area contributed by atoms with Crippen LogP contribution in [-0.4, -0.2) is 23.9 Å². The monoisotopic (exact) mass is 252 g/mol. The summed E-state index contributed by atoms with van der Waals surface area (Å²) in [7, 11) is 0. The zero-order chi connectivity index (χ0) is 13.3. The topological polar surface area (TPSA) is 58.2 Å². The van der Waals surface area contributed by atoms with Gasteiger partial charge in [-0.25, -0.2) is 0 Å². The van der Waals surface area contributed by atoms with Crippen molar-refractivity contribution in [3.63, 3.8) is 0 Å². The van der Waals surface area contributed by atoms with Gasteiger partial charge in [-0.05, 0) is 30.6 Å². The molecule has 4 heteroatoms. The van der Waals surface area contributed by atoms with Crippen LogP contribution in [0.25, 0.3) is 0 Å². The second-order valence-corrected chi connectivity index (χ2v) is 6.33. The fourth-order valence-electron chi connectivity index (χ4n) is 2.70. The summed E-state index contributed by atoms with van der Waals surface area (Å²) < 4.78 is 0. The average Bonchev–Trinajstić information content (AvgIpc) is 2.76. The van der Waals surface area contributed by atoms with Crippen molar-refractivity contribution in [2.75, 3.05) is 0 Å². The molecule has 2 rings (SSSR count). The summed E-state index contributed by atoms with van der Waals surface area (Å²) in [4.78, 5) is 22.9. The standard InChI is InChI=1S/C14H24N2O2/c1-9(2)14(3)8-11(14)16-13(18)7-5-10-4-6-12(17)15-10/h9-11H,4-8H2,1-3H3,(H,15,17)(H,16,18). The number of nitrogens with one attached hydrogen (secondary N) is 2. The van der Waals surface area contributed by atoms with Gasteiger partial charge in [0.2, 0.25) is 11.8 Å². The fraction of sp³-hybridized carbons (Fsp3) is 0.857. The van der Waals surface area contributed by atoms with Crippen molar-refractivity contribution < 1.29 is 9.59 Å². The van der Waals surface area contributed by atoms with Gasteiger partial charge < -0.3 is 10.6 Å². The highest BCUT2D eigenvalue weighted by Gasteiger charge is 2.52. The van der Waals surface area contributed by atoms with Gasteiger partial charge >= 0.3 is 0 Å². The van der Waals surface area contributed by atoms with Gasteiger partial charge in [0.05, 0.1) is 0 Å². The molecule has 1 aliphatic carbocycles. The minimum absolute atomic E-state index is 0.120. The van der Waals surface area contributed by atoms with Gasteiger partial charge in [-0.15, -0.1) is 0 Å². The van der Waals surface area contributed by atoms with Crippen LogP contribution in [0.3, 0.4) is 0 Å². The minimum Gasteiger partial charge on any atom is -0.353 e. The smallest absolute Gasteiger partial charge is 0.220 e. The Morgan fingerprint density at radius 3 is 2.78 bits per heavy atom. The van der Waals surface area contributed by atoms with E-state index in [0.29, 0.717) is 24.8 Å². The predicted octanol–water partition coefficient (Wildman–Crippen LogP) is 1.60. The molecule has 0 radical (unpaired) electrons. The van der Waals surface area contributed by atoms with Crippen LogP contribution >= 0.6 is 0 Å². The number of hydrogen-bond donors (Lipinski definition) is 2. The molecule has 1 saturated heterocycles. The zero-order valence-electron chi connectivity index (χ0n) is 11.6. The summed E-state index contributed by atoms with van der Waals surface area (Å²) in [5, 5.41) is 6.00. The molecular weight excluding hydrogens is 228 g/mol. The van der Waals surface area contributed by atoms with Crippen molar-refractivity contribution in [2.24, 2.45) is 11.3 Å². The molecule has 0 aromatic heterocycles. The maximum absolute atomic E-state index is 11.8. The lowest BCUT2D eigenvalue weighted by Crippen LogP contribution is -2.32. The Balaban J connectivity index is 1.66. The number of carbonyl (C=O) groups is 2. The quantitative estimate of drug-likeness (QED) is 0.780. The van der Waals surface area contributed by atoms with Crippen LogP contribution in [0.1, 0.15) is 52.9 Å². The van der Waals surface area contributed by atoms with Crippen molar-refractivity contribution in [1.82, 2.24) is 10.6 Å². The van der Waals surface area contributed by atoms with E-state index in [9.17, 15) is 9.59 Å². The van der Waals surface area contributed by atoms with Crippen LogP contribution in [0, 0.1) is 11.3 Å². The van der Waals surface area contributed by atoms with Crippen molar-refractivity contribution in [1.29, 1.82) is 0 Å². The third-order valence-electron chi connectivity index (χ3n) is 4.74. The molecule has 1 saturated carbocycles. The van der Waals surface area contributed by atoms with Crippen LogP contribution < -0.4 is 10.6 Å². The third-order valence-corrected chi connectivity index (χ3v) is 4.74. The van der Waals surface area contributed by atoms with Gasteiger partial charge in [-0.1, -0.05) is 20.8 Å². The van der Waals surface area contributed by atoms with Crippen molar-refractivity contribution in [3.8, 4) is 0 Å². The van der Waals surface area contributed by atoms with E-state index in [1.807, 2.05) is 0 Å². The molecule has 2 fully saturated rings. The van der Waals surface area contributed by atoms with Crippen LogP contribution in [0.5, 0.6) is 0 Å². The molecule has 102 valence electrons. The van der Waals surface area contributed by atoms with E-state index in [4.69, 9.17) is 0 Å². The molecule has 1 heterocycles. The van der Waals surface area contributed by atoms with Crippen molar-refractivity contribution in [2.45, 2.75) is 65.0 Å². The van der Waals surface area contributed by atoms with E-state index in [2.05, 4.69) is 31.4 Å². The van der Waals surface area contributed by atoms with Crippen LogP contribution in [0.4, 0.5) is 0 Å². The Morgan fingerprint density at radius 2 is 2.28 bits per heavy atom. The number of amides is 2. The molecule has 0 aromatic rings. The van der Waals surface area contributed by atoms with Crippen LogP contribution in [0.15, 0.2) is 0 Å². The molecule has 1 aliphatic heterocycles. The number of carbonyl (C=O) groups excluding carboxylic acids is 2. The second-order valence-electron chi connectivity index (χ2n) is 6.33. The second kappa shape index (κ2) is 4.90. The Bertz CT molecular complexity index is 354. The largest absolute Gasteiger partial charge is 0.353 e. The van der Waals surface area contributed by atoms with Crippen molar-refractivity contribution in [3.05, 3.63) is 0 Å². The predicted molar refractivity (Wildman–Crippen MR) is 69.9 cm³/mol. The molecule has 0 spiro atoms. The normalized spacial score (nSPS) is 34.6. The fourth-order valence-corrected chi connectivity index (χ4v) is 2.70. The molecule has 18 heavy (non-hydrogen) atoms. The lowest BCUT2D eigenvalue weighted by molar-refractivity contribution is -0.122. The highest BCUT2D eigenvalue weighted by Crippen LogP contribution is 2.51. The molecule has 3 unspecified atom stereocenters. The first kappa shape index (κ1) is 13.4. The number of hydrogen-bond acceptors (Lipinski definition) is 2. The Morgan fingerprint density at radius 1 is 1.56 bits per heavy atom. The van der Waals surface area contributed by atoms with Gasteiger partial charge in [0.15, 0.2) is 0 Å². The van der Waals surface area contributed by atoms with Crippen LogP contribution in [0.2, 0.25) is 0 Å². The Kier molecular flexibility index (Phi) is 3.64. The molecule has 2 amide bonds. The molecule has 3 atom stereocenters. The van der Waals surface area contributed by atoms with E-state index in [-0.39, 0.29) is 23.3 Å². The molecular formula is C14H24N2O2. The SMILES string of the molecule is CC(C)C1(C)CC1NC(=O)CCC1CCC(=O)N1. The lowest BCUT2D eigenvalue weighted by Gasteiger charge is -2.16. The molecule has 2 aliphatic rings. The Hall–Kier alpha value is -1.06. The van der Waals surface area contributed by atoms with Gasteiger partial charge in [0.1, 0.15) is 0 Å². The first-order valence-corrected chi connectivity index (χ1v) is 7.00. The molecule has 0 bridgehead atoms. The van der Waals surface area contributed by atoms with Gasteiger partial charge in [-0.3, -0.25) is 9.59 Å². The van der Waals surface area contributed by atoms with Gasteiger partial charge in [-0.2, -0.15) is 0 Å². The summed E-state index contributed by atoms with van der Waals surface area (Å²) in [5.41, 5.74) is 0.289. The zero-order valence-corrected chi connectivity index (χ0v) is 11.6. The summed E-state index contributed by atoms with van der Waals surface area (Å²) in [6.45, 7) is 6.65. The van der Waals surface area contributed by atoms with E-state index in [1.54, 1.807) is 0 Å². The molecule has 0 aromatic carbocycles. The average molecular weight is 252 g/mol. The van der Waals surface area contributed by atoms with Crippen LogP contribution in [-0.2, 0) is 9.59 Å². The summed E-state index contributed by atoms with van der Waals surface area (Å²) in [6.07, 6.45) is 3.87. The van der Waals surface area contributed by atoms with Gasteiger partial charge in [0.25, 0.3) is 0 Å². The van der Waals surface area contributed by atoms with E-state index in [1.165, 1.54) is 0 Å². The van der Waals surface area contributed by atoms with E-state index in [0.717, 1.165) is 19.3 Å². The highest BCUT2D eigenvalue weighted by molar-refractivity contribution is 5.79. The maximum Gasteiger partial charge on any atom is 0.220 e. The third kappa shape index (κ3) is 2.85. The maximum atomic E-state index is 11.8.